The van der Waals surface area contributed by atoms with E-state index < -0.39 is 10.0 Å². The number of thiazole rings is 1. The van der Waals surface area contributed by atoms with Crippen LogP contribution in [-0.2, 0) is 16.4 Å². The van der Waals surface area contributed by atoms with Crippen LogP contribution < -0.4 is 0 Å². The first kappa shape index (κ1) is 19.3. The van der Waals surface area contributed by atoms with Crippen LogP contribution in [0.25, 0.3) is 10.2 Å². The lowest BCUT2D eigenvalue weighted by atomic mass is 10.3. The van der Waals surface area contributed by atoms with Crippen LogP contribution in [-0.4, -0.2) is 47.8 Å². The summed E-state index contributed by atoms with van der Waals surface area (Å²) in [6.45, 7) is 0.449. The number of benzene rings is 1. The standard InChI is InChI=1S/C18H21N3O2S3/c1-21(12-10-15-7-4-5-11-19-15)26(22,23)14-6-13-24-18-20-16-8-2-3-9-17(16)25-18/h2-5,7-9,11H,6,10,12-14H2,1H3. The molecule has 0 radical (unpaired) electrons. The first-order chi connectivity index (χ1) is 12.5. The summed E-state index contributed by atoms with van der Waals surface area (Å²) >= 11 is 3.28. The van der Waals surface area contributed by atoms with Crippen molar-refractivity contribution in [2.75, 3.05) is 25.1 Å². The molecule has 1 aromatic carbocycles. The van der Waals surface area contributed by atoms with Crippen molar-refractivity contribution in [2.24, 2.45) is 0 Å². The third kappa shape index (κ3) is 5.26. The monoisotopic (exact) mass is 407 g/mol. The number of likely N-dealkylation sites (N-methyl/N-ethyl adjacent to an activating group) is 1. The predicted octanol–water partition coefficient (Wildman–Crippen LogP) is 3.68. The molecule has 0 aliphatic carbocycles. The number of para-hydroxylation sites is 1. The molecule has 0 saturated heterocycles. The molecule has 2 heterocycles. The van der Waals surface area contributed by atoms with E-state index in [1.165, 1.54) is 4.31 Å². The summed E-state index contributed by atoms with van der Waals surface area (Å²) in [6, 6.07) is 13.7. The number of hydrogen-bond acceptors (Lipinski definition) is 6. The summed E-state index contributed by atoms with van der Waals surface area (Å²) in [5.41, 5.74) is 1.91. The quantitative estimate of drug-likeness (QED) is 0.400. The lowest BCUT2D eigenvalue weighted by Gasteiger charge is -2.16. The largest absolute Gasteiger partial charge is 0.261 e. The van der Waals surface area contributed by atoms with Gasteiger partial charge in [0.15, 0.2) is 4.34 Å². The third-order valence-corrected chi connectivity index (χ3v) is 8.13. The Morgan fingerprint density at radius 1 is 1.15 bits per heavy atom. The highest BCUT2D eigenvalue weighted by Crippen LogP contribution is 2.29. The van der Waals surface area contributed by atoms with Crippen LogP contribution >= 0.6 is 23.1 Å². The van der Waals surface area contributed by atoms with Crippen LogP contribution in [0.4, 0.5) is 0 Å². The molecule has 5 nitrogen and oxygen atoms in total. The van der Waals surface area contributed by atoms with Gasteiger partial charge in [-0.05, 0) is 30.7 Å². The minimum atomic E-state index is -3.23. The molecule has 3 aromatic rings. The molecular formula is C18H21N3O2S3. The maximum absolute atomic E-state index is 12.4. The van der Waals surface area contributed by atoms with Crippen molar-refractivity contribution >= 4 is 43.3 Å². The second kappa shape index (κ2) is 8.94. The van der Waals surface area contributed by atoms with Gasteiger partial charge in [-0.1, -0.05) is 30.0 Å². The third-order valence-electron chi connectivity index (χ3n) is 3.93. The fourth-order valence-electron chi connectivity index (χ4n) is 2.43. The van der Waals surface area contributed by atoms with Crippen LogP contribution in [0, 0.1) is 0 Å². The van der Waals surface area contributed by atoms with Gasteiger partial charge in [0.2, 0.25) is 10.0 Å². The maximum Gasteiger partial charge on any atom is 0.213 e. The molecule has 0 bridgehead atoms. The molecule has 0 N–H and O–H groups in total. The second-order valence-corrected chi connectivity index (χ2v) is 10.4. The Morgan fingerprint density at radius 3 is 2.73 bits per heavy atom. The normalized spacial score (nSPS) is 12.1. The molecule has 0 amide bonds. The van der Waals surface area contributed by atoms with Crippen molar-refractivity contribution in [3.63, 3.8) is 0 Å². The SMILES string of the molecule is CN(CCc1ccccn1)S(=O)(=O)CCCSc1nc2ccccc2s1. The molecule has 0 aliphatic rings. The Morgan fingerprint density at radius 2 is 1.96 bits per heavy atom. The Kier molecular flexibility index (Phi) is 6.63. The van der Waals surface area contributed by atoms with Crippen LogP contribution in [0.5, 0.6) is 0 Å². The minimum Gasteiger partial charge on any atom is -0.261 e. The number of pyridine rings is 1. The first-order valence-electron chi connectivity index (χ1n) is 8.37. The number of hydrogen-bond donors (Lipinski definition) is 0. The molecule has 0 fully saturated rings. The zero-order valence-corrected chi connectivity index (χ0v) is 17.0. The minimum absolute atomic E-state index is 0.156. The summed E-state index contributed by atoms with van der Waals surface area (Å²) in [5, 5.41) is 0. The second-order valence-electron chi connectivity index (χ2n) is 5.86. The molecular weight excluding hydrogens is 386 g/mol. The van der Waals surface area contributed by atoms with E-state index in [0.29, 0.717) is 19.4 Å². The topological polar surface area (TPSA) is 63.2 Å². The van der Waals surface area contributed by atoms with Gasteiger partial charge in [-0.3, -0.25) is 4.98 Å². The van der Waals surface area contributed by atoms with Crippen molar-refractivity contribution < 1.29 is 8.42 Å². The van der Waals surface area contributed by atoms with Crippen molar-refractivity contribution in [2.45, 2.75) is 17.2 Å². The van der Waals surface area contributed by atoms with E-state index in [-0.39, 0.29) is 5.75 Å². The fourth-order valence-corrected chi connectivity index (χ4v) is 5.88. The van der Waals surface area contributed by atoms with Crippen molar-refractivity contribution in [1.82, 2.24) is 14.3 Å². The van der Waals surface area contributed by atoms with Crippen LogP contribution in [0.2, 0.25) is 0 Å². The summed E-state index contributed by atoms with van der Waals surface area (Å²) in [6.07, 6.45) is 2.96. The highest BCUT2D eigenvalue weighted by molar-refractivity contribution is 8.01. The van der Waals surface area contributed by atoms with Gasteiger partial charge in [-0.15, -0.1) is 11.3 Å². The number of rotatable bonds is 9. The molecule has 8 heteroatoms. The molecule has 26 heavy (non-hydrogen) atoms. The fraction of sp³-hybridized carbons (Fsp3) is 0.333. The van der Waals surface area contributed by atoms with Gasteiger partial charge >= 0.3 is 0 Å². The highest BCUT2D eigenvalue weighted by Gasteiger charge is 2.17. The summed E-state index contributed by atoms with van der Waals surface area (Å²) in [4.78, 5) is 8.79. The molecule has 3 rings (SSSR count). The highest BCUT2D eigenvalue weighted by atomic mass is 32.2. The number of thioether (sulfide) groups is 1. The van der Waals surface area contributed by atoms with Crippen LogP contribution in [0.15, 0.2) is 53.0 Å². The molecule has 0 saturated carbocycles. The van der Waals surface area contributed by atoms with Gasteiger partial charge in [0, 0.05) is 37.7 Å². The van der Waals surface area contributed by atoms with E-state index in [2.05, 4.69) is 16.0 Å². The molecule has 0 atom stereocenters. The Labute approximate surface area is 162 Å². The van der Waals surface area contributed by atoms with Crippen molar-refractivity contribution in [3.05, 3.63) is 54.4 Å². The van der Waals surface area contributed by atoms with Gasteiger partial charge in [0.25, 0.3) is 0 Å². The van der Waals surface area contributed by atoms with Gasteiger partial charge < -0.3 is 0 Å². The van der Waals surface area contributed by atoms with Crippen molar-refractivity contribution in [3.8, 4) is 0 Å². The summed E-state index contributed by atoms with van der Waals surface area (Å²) < 4.78 is 28.4. The molecule has 0 aliphatic heterocycles. The zero-order chi connectivity index (χ0) is 18.4. The number of aromatic nitrogens is 2. The molecule has 0 unspecified atom stereocenters. The summed E-state index contributed by atoms with van der Waals surface area (Å²) in [5.74, 6) is 0.900. The molecule has 0 spiro atoms. The Hall–Kier alpha value is -1.48. The Balaban J connectivity index is 1.43. The van der Waals surface area contributed by atoms with Crippen LogP contribution in [0.1, 0.15) is 12.1 Å². The number of nitrogens with zero attached hydrogens (tertiary/aromatic N) is 3. The average molecular weight is 408 g/mol. The van der Waals surface area contributed by atoms with Gasteiger partial charge in [0.05, 0.1) is 16.0 Å². The van der Waals surface area contributed by atoms with Gasteiger partial charge in [-0.2, -0.15) is 0 Å². The zero-order valence-electron chi connectivity index (χ0n) is 14.5. The number of sulfonamides is 1. The van der Waals surface area contributed by atoms with E-state index in [0.717, 1.165) is 26.0 Å². The van der Waals surface area contributed by atoms with E-state index in [1.807, 2.05) is 36.4 Å². The van der Waals surface area contributed by atoms with E-state index in [9.17, 15) is 8.42 Å². The molecule has 138 valence electrons. The average Bonchev–Trinajstić information content (AvgIpc) is 3.07. The maximum atomic E-state index is 12.4. The Bertz CT molecular complexity index is 909. The lowest BCUT2D eigenvalue weighted by Crippen LogP contribution is -2.31. The van der Waals surface area contributed by atoms with Gasteiger partial charge in [-0.25, -0.2) is 17.7 Å². The lowest BCUT2D eigenvalue weighted by molar-refractivity contribution is 0.470. The van der Waals surface area contributed by atoms with E-state index in [1.54, 1.807) is 36.3 Å². The summed E-state index contributed by atoms with van der Waals surface area (Å²) in [7, 11) is -1.60. The predicted molar refractivity (Wildman–Crippen MR) is 109 cm³/mol. The van der Waals surface area contributed by atoms with E-state index >= 15 is 0 Å². The van der Waals surface area contributed by atoms with Gasteiger partial charge in [0.1, 0.15) is 0 Å². The smallest absolute Gasteiger partial charge is 0.213 e. The first-order valence-corrected chi connectivity index (χ1v) is 11.8. The number of fused-ring (bicyclic) bond motifs is 1. The van der Waals surface area contributed by atoms with Crippen molar-refractivity contribution in [1.29, 1.82) is 0 Å². The van der Waals surface area contributed by atoms with Crippen LogP contribution in [0.3, 0.4) is 0 Å². The molecule has 2 aromatic heterocycles. The van der Waals surface area contributed by atoms with E-state index in [4.69, 9.17) is 0 Å².